The van der Waals surface area contributed by atoms with Gasteiger partial charge in [-0.15, -0.1) is 0 Å². The van der Waals surface area contributed by atoms with Crippen molar-refractivity contribution in [1.82, 2.24) is 4.31 Å². The summed E-state index contributed by atoms with van der Waals surface area (Å²) in [5.74, 6) is 1.23. The van der Waals surface area contributed by atoms with E-state index in [-0.39, 0.29) is 6.04 Å². The van der Waals surface area contributed by atoms with Crippen LogP contribution in [0.5, 0.6) is 0 Å². The third kappa shape index (κ3) is 3.19. The highest BCUT2D eigenvalue weighted by atomic mass is 32.2. The molecule has 5 heteroatoms. The van der Waals surface area contributed by atoms with Crippen LogP contribution in [0.15, 0.2) is 29.2 Å². The van der Waals surface area contributed by atoms with Crippen LogP contribution in [0.1, 0.15) is 51.0 Å². The van der Waals surface area contributed by atoms with E-state index in [9.17, 15) is 8.42 Å². The van der Waals surface area contributed by atoms with Crippen LogP contribution in [0.3, 0.4) is 0 Å². The van der Waals surface area contributed by atoms with Gasteiger partial charge >= 0.3 is 0 Å². The Bertz CT molecular complexity index is 641. The minimum atomic E-state index is -3.39. The first-order valence-electron chi connectivity index (χ1n) is 8.79. The molecule has 1 heterocycles. The van der Waals surface area contributed by atoms with E-state index in [1.807, 2.05) is 12.1 Å². The lowest BCUT2D eigenvalue weighted by Gasteiger charge is -2.29. The fourth-order valence-electron chi connectivity index (χ4n) is 4.03. The van der Waals surface area contributed by atoms with Gasteiger partial charge in [0.1, 0.15) is 0 Å². The van der Waals surface area contributed by atoms with Crippen LogP contribution in [0.25, 0.3) is 0 Å². The van der Waals surface area contributed by atoms with Gasteiger partial charge in [-0.2, -0.15) is 4.31 Å². The summed E-state index contributed by atoms with van der Waals surface area (Å²) in [4.78, 5) is 0.414. The van der Waals surface area contributed by atoms with Crippen molar-refractivity contribution in [2.24, 2.45) is 17.6 Å². The zero-order chi connectivity index (χ0) is 16.6. The van der Waals surface area contributed by atoms with E-state index in [2.05, 4.69) is 13.8 Å². The molecule has 0 aromatic heterocycles. The van der Waals surface area contributed by atoms with Gasteiger partial charge in [-0.1, -0.05) is 32.4 Å². The standard InChI is InChI=1S/C18H28N2O2S/c1-3-13(2)14-7-9-16(10-8-14)23(21,22)20-11-15-5-4-6-18(19)17(15)12-20/h7-10,13,15,17-18H,3-6,11-12,19H2,1-2H3. The topological polar surface area (TPSA) is 63.4 Å². The number of hydrogen-bond donors (Lipinski definition) is 1. The molecule has 0 spiro atoms. The summed E-state index contributed by atoms with van der Waals surface area (Å²) in [6.45, 7) is 5.52. The molecule has 2 aliphatic rings. The fourth-order valence-corrected chi connectivity index (χ4v) is 5.56. The zero-order valence-corrected chi connectivity index (χ0v) is 14.9. The molecule has 4 atom stereocenters. The van der Waals surface area contributed by atoms with Gasteiger partial charge < -0.3 is 5.73 Å². The Balaban J connectivity index is 1.79. The Morgan fingerprint density at radius 2 is 1.91 bits per heavy atom. The lowest BCUT2D eigenvalue weighted by atomic mass is 9.78. The van der Waals surface area contributed by atoms with E-state index in [0.29, 0.717) is 35.7 Å². The number of nitrogens with two attached hydrogens (primary N) is 1. The minimum absolute atomic E-state index is 0.154. The molecule has 4 unspecified atom stereocenters. The predicted octanol–water partition coefficient (Wildman–Crippen LogP) is 2.95. The van der Waals surface area contributed by atoms with Gasteiger partial charge in [0.15, 0.2) is 0 Å². The second-order valence-electron chi connectivity index (χ2n) is 7.22. The van der Waals surface area contributed by atoms with Crippen LogP contribution in [0.4, 0.5) is 0 Å². The van der Waals surface area contributed by atoms with Crippen LogP contribution >= 0.6 is 0 Å². The van der Waals surface area contributed by atoms with Crippen LogP contribution < -0.4 is 5.73 Å². The lowest BCUT2D eigenvalue weighted by molar-refractivity contribution is 0.260. The van der Waals surface area contributed by atoms with Crippen molar-refractivity contribution in [2.45, 2.75) is 56.4 Å². The molecule has 1 saturated carbocycles. The predicted molar refractivity (Wildman–Crippen MR) is 92.7 cm³/mol. The van der Waals surface area contributed by atoms with Crippen molar-refractivity contribution < 1.29 is 8.42 Å². The van der Waals surface area contributed by atoms with Gasteiger partial charge in [0.25, 0.3) is 0 Å². The molecule has 2 N–H and O–H groups in total. The van der Waals surface area contributed by atoms with Crippen LogP contribution in [-0.4, -0.2) is 31.9 Å². The van der Waals surface area contributed by atoms with E-state index in [4.69, 9.17) is 5.73 Å². The molecule has 0 bridgehead atoms. The van der Waals surface area contributed by atoms with Crippen molar-refractivity contribution in [3.05, 3.63) is 29.8 Å². The second kappa shape index (κ2) is 6.54. The molecule has 128 valence electrons. The van der Waals surface area contributed by atoms with Gasteiger partial charge in [-0.3, -0.25) is 0 Å². The first kappa shape index (κ1) is 16.9. The zero-order valence-electron chi connectivity index (χ0n) is 14.1. The Morgan fingerprint density at radius 3 is 2.52 bits per heavy atom. The largest absolute Gasteiger partial charge is 0.327 e. The molecule has 3 rings (SSSR count). The van der Waals surface area contributed by atoms with Gasteiger partial charge in [0.2, 0.25) is 10.0 Å². The number of nitrogens with zero attached hydrogens (tertiary/aromatic N) is 1. The summed E-state index contributed by atoms with van der Waals surface area (Å²) in [5.41, 5.74) is 7.41. The molecule has 0 radical (unpaired) electrons. The van der Waals surface area contributed by atoms with E-state index in [1.54, 1.807) is 16.4 Å². The Kier molecular flexibility index (Phi) is 4.81. The third-order valence-electron chi connectivity index (χ3n) is 5.82. The van der Waals surface area contributed by atoms with Crippen LogP contribution in [0, 0.1) is 11.8 Å². The molecule has 4 nitrogen and oxygen atoms in total. The van der Waals surface area contributed by atoms with Crippen molar-refractivity contribution in [3.63, 3.8) is 0 Å². The smallest absolute Gasteiger partial charge is 0.243 e. The monoisotopic (exact) mass is 336 g/mol. The maximum Gasteiger partial charge on any atom is 0.243 e. The Morgan fingerprint density at radius 1 is 1.22 bits per heavy atom. The molecule has 1 aromatic rings. The molecule has 0 amide bonds. The molecule has 1 saturated heterocycles. The summed E-state index contributed by atoms with van der Waals surface area (Å²) in [5, 5.41) is 0. The summed E-state index contributed by atoms with van der Waals surface area (Å²) >= 11 is 0. The Labute approximate surface area is 140 Å². The van der Waals surface area contributed by atoms with Gasteiger partial charge in [0, 0.05) is 19.1 Å². The van der Waals surface area contributed by atoms with Gasteiger partial charge in [-0.25, -0.2) is 8.42 Å². The summed E-state index contributed by atoms with van der Waals surface area (Å²) in [6, 6.07) is 7.59. The number of fused-ring (bicyclic) bond motifs is 1. The molecule has 2 fully saturated rings. The number of benzene rings is 1. The average Bonchev–Trinajstić information content (AvgIpc) is 3.01. The fraction of sp³-hybridized carbons (Fsp3) is 0.667. The minimum Gasteiger partial charge on any atom is -0.327 e. The number of hydrogen-bond acceptors (Lipinski definition) is 3. The van der Waals surface area contributed by atoms with Crippen molar-refractivity contribution >= 4 is 10.0 Å². The molecule has 1 aliphatic carbocycles. The Hall–Kier alpha value is -0.910. The van der Waals surface area contributed by atoms with Crippen molar-refractivity contribution in [1.29, 1.82) is 0 Å². The quantitative estimate of drug-likeness (QED) is 0.919. The summed E-state index contributed by atoms with van der Waals surface area (Å²) in [7, 11) is -3.39. The molecule has 23 heavy (non-hydrogen) atoms. The number of rotatable bonds is 4. The molecular formula is C18H28N2O2S. The third-order valence-corrected chi connectivity index (χ3v) is 7.67. The molecular weight excluding hydrogens is 308 g/mol. The normalized spacial score (nSPS) is 30.1. The van der Waals surface area contributed by atoms with Crippen LogP contribution in [0.2, 0.25) is 0 Å². The first-order chi connectivity index (χ1) is 10.9. The highest BCUT2D eigenvalue weighted by Gasteiger charge is 2.43. The maximum atomic E-state index is 12.9. The highest BCUT2D eigenvalue weighted by Crippen LogP contribution is 2.37. The first-order valence-corrected chi connectivity index (χ1v) is 10.2. The lowest BCUT2D eigenvalue weighted by Crippen LogP contribution is -2.38. The van der Waals surface area contributed by atoms with Gasteiger partial charge in [0.05, 0.1) is 4.90 Å². The average molecular weight is 337 g/mol. The van der Waals surface area contributed by atoms with E-state index in [1.165, 1.54) is 5.56 Å². The van der Waals surface area contributed by atoms with Crippen LogP contribution in [-0.2, 0) is 10.0 Å². The van der Waals surface area contributed by atoms with Crippen molar-refractivity contribution in [3.8, 4) is 0 Å². The van der Waals surface area contributed by atoms with E-state index in [0.717, 1.165) is 25.7 Å². The van der Waals surface area contributed by atoms with Gasteiger partial charge in [-0.05, 0) is 54.7 Å². The maximum absolute atomic E-state index is 12.9. The van der Waals surface area contributed by atoms with Crippen molar-refractivity contribution in [2.75, 3.05) is 13.1 Å². The van der Waals surface area contributed by atoms with E-state index < -0.39 is 10.0 Å². The summed E-state index contributed by atoms with van der Waals surface area (Å²) < 4.78 is 27.5. The SMILES string of the molecule is CCC(C)c1ccc(S(=O)(=O)N2CC3CCCC(N)C3C2)cc1. The summed E-state index contributed by atoms with van der Waals surface area (Å²) in [6.07, 6.45) is 4.31. The van der Waals surface area contributed by atoms with E-state index >= 15 is 0 Å². The number of sulfonamides is 1. The highest BCUT2D eigenvalue weighted by molar-refractivity contribution is 7.89. The molecule has 1 aliphatic heterocycles. The second-order valence-corrected chi connectivity index (χ2v) is 9.16. The molecule has 1 aromatic carbocycles.